The van der Waals surface area contributed by atoms with Crippen LogP contribution in [0.4, 0.5) is 5.13 Å². The van der Waals surface area contributed by atoms with Gasteiger partial charge in [0.25, 0.3) is 11.8 Å². The Labute approximate surface area is 204 Å². The van der Waals surface area contributed by atoms with Gasteiger partial charge in [-0.15, -0.1) is 33.1 Å². The maximum atomic E-state index is 12.9. The molecule has 0 aliphatic carbocycles. The lowest BCUT2D eigenvalue weighted by Gasteiger charge is -2.46. The fourth-order valence-electron chi connectivity index (χ4n) is 2.90. The van der Waals surface area contributed by atoms with Gasteiger partial charge in [0.05, 0.1) is 6.04 Å². The lowest BCUT2D eigenvalue weighted by molar-refractivity contribution is -0.144. The maximum Gasteiger partial charge on any atom is 0.362 e. The predicted molar refractivity (Wildman–Crippen MR) is 119 cm³/mol. The topological polar surface area (TPSA) is 222 Å². The number of aromatic amines is 1. The van der Waals surface area contributed by atoms with Crippen LogP contribution in [0.25, 0.3) is 0 Å². The Kier molecular flexibility index (Phi) is 8.02. The minimum Gasteiger partial charge on any atom is -0.398 e. The fourth-order valence-corrected chi connectivity index (χ4v) is 5.64. The van der Waals surface area contributed by atoms with E-state index in [2.05, 4.69) is 41.4 Å². The first-order valence-electron chi connectivity index (χ1n) is 9.01. The maximum absolute atomic E-state index is 12.9. The second kappa shape index (κ2) is 10.6. The van der Waals surface area contributed by atoms with E-state index in [4.69, 9.17) is 16.4 Å². The predicted octanol–water partition coefficient (Wildman–Crippen LogP) is -1.14. The van der Waals surface area contributed by atoms with Crippen molar-refractivity contribution in [2.24, 2.45) is 5.16 Å². The number of carbonyl (C=O) groups excluding carboxylic acids is 3. The molecule has 20 heteroatoms. The summed E-state index contributed by atoms with van der Waals surface area (Å²) in [5, 5.41) is 22.5. The van der Waals surface area contributed by atoms with E-state index < -0.39 is 45.4 Å². The Morgan fingerprint density at radius 1 is 1.50 bits per heavy atom. The first-order valence-corrected chi connectivity index (χ1v) is 12.7. The average molecular weight is 554 g/mol. The largest absolute Gasteiger partial charge is 0.398 e. The smallest absolute Gasteiger partial charge is 0.362 e. The zero-order chi connectivity index (χ0) is 25.0. The second-order valence-electron chi connectivity index (χ2n) is 6.41. The number of amides is 3. The number of nitrogens with one attached hydrogen (secondary N) is 3. The molecule has 1 fully saturated rings. The summed E-state index contributed by atoms with van der Waals surface area (Å²) in [4.78, 5) is 45.6. The summed E-state index contributed by atoms with van der Waals surface area (Å²) < 4.78 is 33.2. The molecule has 34 heavy (non-hydrogen) atoms. The molecular weight excluding hydrogens is 538 g/mol. The third-order valence-corrected chi connectivity index (χ3v) is 7.20. The number of thioether (sulfide) groups is 1. The number of aromatic nitrogens is 5. The number of thiazole rings is 1. The summed E-state index contributed by atoms with van der Waals surface area (Å²) in [6.45, 7) is 1.55. The Hall–Kier alpha value is -2.87. The average Bonchev–Trinajstić information content (AvgIpc) is 3.44. The van der Waals surface area contributed by atoms with Crippen molar-refractivity contribution in [3.63, 3.8) is 0 Å². The van der Waals surface area contributed by atoms with E-state index in [-0.39, 0.29) is 31.9 Å². The molecule has 1 aliphatic heterocycles. The fraction of sp³-hybridized carbons (Fsp3) is 0.429. The highest BCUT2D eigenvalue weighted by atomic mass is 35.5. The van der Waals surface area contributed by atoms with Crippen LogP contribution in [-0.2, 0) is 29.5 Å². The van der Waals surface area contributed by atoms with Crippen molar-refractivity contribution in [2.45, 2.75) is 29.4 Å². The van der Waals surface area contributed by atoms with Crippen LogP contribution in [-0.4, -0.2) is 96.6 Å². The van der Waals surface area contributed by atoms with E-state index in [9.17, 15) is 27.4 Å². The number of anilines is 1. The number of nitrogens with zero attached hydrogens (tertiary/aromatic N) is 6. The van der Waals surface area contributed by atoms with Crippen molar-refractivity contribution in [1.82, 2.24) is 35.2 Å². The van der Waals surface area contributed by atoms with E-state index in [0.717, 1.165) is 23.1 Å². The molecule has 2 aromatic rings. The highest BCUT2D eigenvalue weighted by Gasteiger charge is 2.56. The molecule has 16 nitrogen and oxygen atoms in total. The Morgan fingerprint density at radius 2 is 2.24 bits per heavy atom. The molecule has 0 bridgehead atoms. The summed E-state index contributed by atoms with van der Waals surface area (Å²) in [6, 6.07) is -2.53. The lowest BCUT2D eigenvalue weighted by atomic mass is 9.95. The highest BCUT2D eigenvalue weighted by Crippen LogP contribution is 2.34. The van der Waals surface area contributed by atoms with Crippen molar-refractivity contribution in [3.8, 4) is 0 Å². The Balaban J connectivity index is 1.81. The highest BCUT2D eigenvalue weighted by molar-refractivity contribution is 7.99. The van der Waals surface area contributed by atoms with Crippen LogP contribution < -0.4 is 10.6 Å². The SMILES string of the molecule is CON=C(C(=O)NC1C(=O)N(S(=O)(=O)O)C1C(C)Sc1nn[nH]n1)c1csc(NC(=O)CCl)n1. The molecule has 4 N–H and O–H groups in total. The summed E-state index contributed by atoms with van der Waals surface area (Å²) in [7, 11) is -3.73. The molecule has 1 saturated heterocycles. The zero-order valence-electron chi connectivity index (χ0n) is 17.2. The van der Waals surface area contributed by atoms with Gasteiger partial charge in [-0.2, -0.15) is 13.6 Å². The minimum atomic E-state index is -4.91. The van der Waals surface area contributed by atoms with Crippen molar-refractivity contribution in [3.05, 3.63) is 11.1 Å². The Morgan fingerprint density at radius 3 is 2.82 bits per heavy atom. The standard InChI is InChI=1S/C14H16ClN9O7S3/c1-5(33-14-19-22-23-20-14)10-9(12(27)24(10)34(28,29)30)18-11(26)8(21-31-2)6-4-32-13(16-6)17-7(25)3-15/h4-5,9-10H,3H2,1-2H3,(H,18,26)(H,16,17,25)(H,28,29,30)(H,19,20,22,23). The molecule has 2 aromatic heterocycles. The van der Waals surface area contributed by atoms with Crippen LogP contribution >= 0.6 is 34.7 Å². The molecule has 3 unspecified atom stereocenters. The Bertz CT molecular complexity index is 1200. The van der Waals surface area contributed by atoms with E-state index in [1.165, 1.54) is 12.5 Å². The van der Waals surface area contributed by atoms with E-state index in [1.807, 2.05) is 0 Å². The quantitative estimate of drug-likeness (QED) is 0.0684. The molecule has 3 atom stereocenters. The molecule has 0 saturated carbocycles. The number of rotatable bonds is 10. The molecule has 1 aliphatic rings. The van der Waals surface area contributed by atoms with Gasteiger partial charge in [0.2, 0.25) is 11.1 Å². The number of carbonyl (C=O) groups is 3. The first kappa shape index (κ1) is 25.7. The van der Waals surface area contributed by atoms with E-state index >= 15 is 0 Å². The lowest BCUT2D eigenvalue weighted by Crippen LogP contribution is -2.74. The zero-order valence-corrected chi connectivity index (χ0v) is 20.4. The van der Waals surface area contributed by atoms with Crippen LogP contribution in [0.1, 0.15) is 12.6 Å². The normalized spacial score (nSPS) is 19.4. The number of β-lactam (4-membered cyclic amide) rings is 1. The summed E-state index contributed by atoms with van der Waals surface area (Å²) in [6.07, 6.45) is 0. The van der Waals surface area contributed by atoms with Crippen molar-refractivity contribution in [1.29, 1.82) is 0 Å². The van der Waals surface area contributed by atoms with E-state index in [0.29, 0.717) is 0 Å². The van der Waals surface area contributed by atoms with Gasteiger partial charge in [0, 0.05) is 10.6 Å². The molecule has 0 radical (unpaired) electrons. The van der Waals surface area contributed by atoms with Crippen molar-refractivity contribution < 1.29 is 32.2 Å². The number of alkyl halides is 1. The van der Waals surface area contributed by atoms with Crippen LogP contribution in [0.2, 0.25) is 0 Å². The molecule has 184 valence electrons. The molecule has 3 heterocycles. The number of H-pyrrole nitrogens is 1. The van der Waals surface area contributed by atoms with Gasteiger partial charge in [-0.25, -0.2) is 9.29 Å². The molecule has 3 rings (SSSR count). The molecule has 0 spiro atoms. The van der Waals surface area contributed by atoms with Gasteiger partial charge in [-0.05, 0) is 5.21 Å². The molecular formula is C14H16ClN9O7S3. The first-order chi connectivity index (χ1) is 16.1. The van der Waals surface area contributed by atoms with Crippen LogP contribution in [0.15, 0.2) is 15.7 Å². The third kappa shape index (κ3) is 5.60. The number of halogens is 1. The molecule has 3 amide bonds. The number of oxime groups is 1. The summed E-state index contributed by atoms with van der Waals surface area (Å²) in [5.41, 5.74) is -0.334. The molecule has 0 aromatic carbocycles. The minimum absolute atomic E-state index is 0.0124. The van der Waals surface area contributed by atoms with Gasteiger partial charge in [0.15, 0.2) is 10.8 Å². The monoisotopic (exact) mass is 553 g/mol. The summed E-state index contributed by atoms with van der Waals surface area (Å²) in [5.74, 6) is -2.80. The van der Waals surface area contributed by atoms with Crippen LogP contribution in [0.3, 0.4) is 0 Å². The van der Waals surface area contributed by atoms with Gasteiger partial charge < -0.3 is 15.5 Å². The van der Waals surface area contributed by atoms with E-state index in [1.54, 1.807) is 6.92 Å². The number of tetrazole rings is 1. The van der Waals surface area contributed by atoms with Gasteiger partial charge in [-0.3, -0.25) is 18.9 Å². The van der Waals surface area contributed by atoms with Crippen LogP contribution in [0.5, 0.6) is 0 Å². The van der Waals surface area contributed by atoms with Crippen molar-refractivity contribution in [2.75, 3.05) is 18.3 Å². The van der Waals surface area contributed by atoms with Gasteiger partial charge in [0.1, 0.15) is 24.7 Å². The number of hydrogen-bond donors (Lipinski definition) is 4. The number of hydrogen-bond acceptors (Lipinski definition) is 13. The van der Waals surface area contributed by atoms with Crippen molar-refractivity contribution >= 4 is 73.6 Å². The summed E-state index contributed by atoms with van der Waals surface area (Å²) >= 11 is 7.38. The van der Waals surface area contributed by atoms with Crippen LogP contribution in [0, 0.1) is 0 Å². The third-order valence-electron chi connectivity index (χ3n) is 4.24. The second-order valence-corrected chi connectivity index (χ2v) is 10.2. The van der Waals surface area contributed by atoms with Gasteiger partial charge >= 0.3 is 10.3 Å². The van der Waals surface area contributed by atoms with Gasteiger partial charge in [-0.1, -0.05) is 23.8 Å².